The first-order valence-electron chi connectivity index (χ1n) is 9.16. The zero-order valence-corrected chi connectivity index (χ0v) is 15.2. The molecule has 0 saturated carbocycles. The van der Waals surface area contributed by atoms with Gasteiger partial charge in [-0.15, -0.1) is 6.42 Å². The van der Waals surface area contributed by atoms with Gasteiger partial charge in [0.25, 0.3) is 0 Å². The van der Waals surface area contributed by atoms with Gasteiger partial charge in [0.15, 0.2) is 11.6 Å². The summed E-state index contributed by atoms with van der Waals surface area (Å²) in [5.74, 6) is 0.973. The lowest BCUT2D eigenvalue weighted by Gasteiger charge is -2.41. The Kier molecular flexibility index (Phi) is 6.57. The molecule has 0 unspecified atom stereocenters. The number of nitrogens with zero attached hydrogens (tertiary/aromatic N) is 2. The van der Waals surface area contributed by atoms with Gasteiger partial charge in [0.2, 0.25) is 0 Å². The van der Waals surface area contributed by atoms with Crippen LogP contribution in [-0.4, -0.2) is 47.2 Å². The van der Waals surface area contributed by atoms with Gasteiger partial charge < -0.3 is 5.11 Å². The lowest BCUT2D eigenvalue weighted by Crippen LogP contribution is -2.52. The summed E-state index contributed by atoms with van der Waals surface area (Å²) in [6, 6.07) is 12.2. The SMILES string of the molecule is C#Cc1ccc(CN2CCN(Cc3ccc(F)c(F)c3)[C@H](CCO)C2)cc1. The minimum Gasteiger partial charge on any atom is -0.396 e. The summed E-state index contributed by atoms with van der Waals surface area (Å²) in [5, 5.41) is 9.44. The summed E-state index contributed by atoms with van der Waals surface area (Å²) in [6.07, 6.45) is 6.05. The molecule has 2 aromatic rings. The van der Waals surface area contributed by atoms with Crippen molar-refractivity contribution in [1.82, 2.24) is 9.80 Å². The second kappa shape index (κ2) is 9.09. The number of hydrogen-bond donors (Lipinski definition) is 1. The van der Waals surface area contributed by atoms with Gasteiger partial charge in [0.05, 0.1) is 0 Å². The summed E-state index contributed by atoms with van der Waals surface area (Å²) < 4.78 is 26.6. The Hall–Kier alpha value is -2.26. The molecule has 1 atom stereocenters. The Balaban J connectivity index is 1.63. The Morgan fingerprint density at radius 3 is 2.41 bits per heavy atom. The fourth-order valence-corrected chi connectivity index (χ4v) is 3.57. The molecule has 0 amide bonds. The number of aliphatic hydroxyl groups is 1. The molecule has 27 heavy (non-hydrogen) atoms. The lowest BCUT2D eigenvalue weighted by atomic mass is 10.1. The minimum absolute atomic E-state index is 0.101. The molecular formula is C22H24F2N2O. The molecule has 2 aromatic carbocycles. The van der Waals surface area contributed by atoms with E-state index in [0.717, 1.165) is 37.3 Å². The van der Waals surface area contributed by atoms with Crippen LogP contribution in [0.1, 0.15) is 23.1 Å². The molecule has 0 aliphatic carbocycles. The molecule has 3 nitrogen and oxygen atoms in total. The van der Waals surface area contributed by atoms with E-state index in [9.17, 15) is 13.9 Å². The van der Waals surface area contributed by atoms with Crippen LogP contribution in [0.4, 0.5) is 8.78 Å². The van der Waals surface area contributed by atoms with Crippen molar-refractivity contribution in [2.45, 2.75) is 25.6 Å². The fraction of sp³-hybridized carbons (Fsp3) is 0.364. The summed E-state index contributed by atoms with van der Waals surface area (Å²) in [6.45, 7) is 3.98. The van der Waals surface area contributed by atoms with Crippen LogP contribution in [0.3, 0.4) is 0 Å². The quantitative estimate of drug-likeness (QED) is 0.792. The summed E-state index contributed by atoms with van der Waals surface area (Å²) in [7, 11) is 0. The van der Waals surface area contributed by atoms with E-state index in [1.54, 1.807) is 6.07 Å². The monoisotopic (exact) mass is 370 g/mol. The van der Waals surface area contributed by atoms with Crippen molar-refractivity contribution in [3.63, 3.8) is 0 Å². The van der Waals surface area contributed by atoms with Gasteiger partial charge in [-0.3, -0.25) is 9.80 Å². The van der Waals surface area contributed by atoms with Crippen molar-refractivity contribution in [2.75, 3.05) is 26.2 Å². The standard InChI is InChI=1S/C22H24F2N2O/c1-2-17-3-5-18(6-4-17)14-25-10-11-26(20(16-25)9-12-27)15-19-7-8-21(23)22(24)13-19/h1,3-8,13,20,27H,9-12,14-16H2/t20-/m1/s1. The maximum atomic E-state index is 13.5. The average molecular weight is 370 g/mol. The third-order valence-electron chi connectivity index (χ3n) is 5.05. The summed E-state index contributed by atoms with van der Waals surface area (Å²) in [5.41, 5.74) is 2.81. The van der Waals surface area contributed by atoms with Gasteiger partial charge in [0, 0.05) is 50.9 Å². The molecular weight excluding hydrogens is 346 g/mol. The number of piperazine rings is 1. The lowest BCUT2D eigenvalue weighted by molar-refractivity contribution is 0.0499. The zero-order chi connectivity index (χ0) is 19.2. The topological polar surface area (TPSA) is 26.7 Å². The van der Waals surface area contributed by atoms with E-state index in [1.807, 2.05) is 24.3 Å². The molecule has 1 aliphatic rings. The normalized spacial score (nSPS) is 18.4. The van der Waals surface area contributed by atoms with E-state index < -0.39 is 11.6 Å². The first kappa shape index (κ1) is 19.5. The molecule has 3 rings (SSSR count). The van der Waals surface area contributed by atoms with Gasteiger partial charge >= 0.3 is 0 Å². The van der Waals surface area contributed by atoms with Gasteiger partial charge in [-0.2, -0.15) is 0 Å². The molecule has 0 bridgehead atoms. The van der Waals surface area contributed by atoms with E-state index in [2.05, 4.69) is 15.7 Å². The number of terminal acetylenes is 1. The molecule has 1 aliphatic heterocycles. The van der Waals surface area contributed by atoms with Crippen molar-refractivity contribution in [1.29, 1.82) is 0 Å². The second-order valence-electron chi connectivity index (χ2n) is 6.96. The number of benzene rings is 2. The van der Waals surface area contributed by atoms with Crippen molar-refractivity contribution in [3.05, 3.63) is 70.8 Å². The first-order valence-corrected chi connectivity index (χ1v) is 9.16. The van der Waals surface area contributed by atoms with E-state index >= 15 is 0 Å². The fourth-order valence-electron chi connectivity index (χ4n) is 3.57. The highest BCUT2D eigenvalue weighted by Crippen LogP contribution is 2.19. The van der Waals surface area contributed by atoms with E-state index in [1.165, 1.54) is 17.7 Å². The van der Waals surface area contributed by atoms with E-state index in [0.29, 0.717) is 13.0 Å². The molecule has 5 heteroatoms. The van der Waals surface area contributed by atoms with Crippen LogP contribution in [-0.2, 0) is 13.1 Å². The Morgan fingerprint density at radius 1 is 1.00 bits per heavy atom. The summed E-state index contributed by atoms with van der Waals surface area (Å²) >= 11 is 0. The van der Waals surface area contributed by atoms with Crippen LogP contribution in [0.15, 0.2) is 42.5 Å². The third-order valence-corrected chi connectivity index (χ3v) is 5.05. The zero-order valence-electron chi connectivity index (χ0n) is 15.2. The Bertz CT molecular complexity index is 801. The Labute approximate surface area is 159 Å². The molecule has 1 N–H and O–H groups in total. The van der Waals surface area contributed by atoms with E-state index in [-0.39, 0.29) is 12.6 Å². The van der Waals surface area contributed by atoms with Crippen LogP contribution < -0.4 is 0 Å². The molecule has 142 valence electrons. The number of aliphatic hydroxyl groups excluding tert-OH is 1. The van der Waals surface area contributed by atoms with Crippen molar-refractivity contribution in [3.8, 4) is 12.3 Å². The molecule has 0 radical (unpaired) electrons. The van der Waals surface area contributed by atoms with Gasteiger partial charge in [-0.1, -0.05) is 24.1 Å². The van der Waals surface area contributed by atoms with Gasteiger partial charge in [0.1, 0.15) is 0 Å². The maximum Gasteiger partial charge on any atom is 0.159 e. The Morgan fingerprint density at radius 2 is 1.74 bits per heavy atom. The van der Waals surface area contributed by atoms with Crippen molar-refractivity contribution in [2.24, 2.45) is 0 Å². The van der Waals surface area contributed by atoms with Crippen LogP contribution in [0.2, 0.25) is 0 Å². The van der Waals surface area contributed by atoms with Crippen LogP contribution >= 0.6 is 0 Å². The molecule has 0 aromatic heterocycles. The predicted octanol–water partition coefficient (Wildman–Crippen LogP) is 3.01. The maximum absolute atomic E-state index is 13.5. The van der Waals surface area contributed by atoms with Gasteiger partial charge in [-0.05, 0) is 41.8 Å². The van der Waals surface area contributed by atoms with Crippen LogP contribution in [0.5, 0.6) is 0 Å². The molecule has 1 saturated heterocycles. The number of halogens is 2. The molecule has 1 fully saturated rings. The summed E-state index contributed by atoms with van der Waals surface area (Å²) in [4.78, 5) is 4.59. The third kappa shape index (κ3) is 5.14. The minimum atomic E-state index is -0.827. The van der Waals surface area contributed by atoms with Crippen LogP contribution in [0, 0.1) is 24.0 Å². The second-order valence-corrected chi connectivity index (χ2v) is 6.96. The van der Waals surface area contributed by atoms with Gasteiger partial charge in [-0.25, -0.2) is 8.78 Å². The molecule has 1 heterocycles. The van der Waals surface area contributed by atoms with E-state index in [4.69, 9.17) is 6.42 Å². The van der Waals surface area contributed by atoms with Crippen molar-refractivity contribution >= 4 is 0 Å². The van der Waals surface area contributed by atoms with Crippen LogP contribution in [0.25, 0.3) is 0 Å². The first-order chi connectivity index (χ1) is 13.1. The molecule has 0 spiro atoms. The largest absolute Gasteiger partial charge is 0.396 e. The highest BCUT2D eigenvalue weighted by molar-refractivity contribution is 5.34. The highest BCUT2D eigenvalue weighted by atomic mass is 19.2. The number of rotatable bonds is 6. The number of hydrogen-bond acceptors (Lipinski definition) is 3. The smallest absolute Gasteiger partial charge is 0.159 e. The predicted molar refractivity (Wildman–Crippen MR) is 102 cm³/mol. The van der Waals surface area contributed by atoms with Crippen molar-refractivity contribution < 1.29 is 13.9 Å². The average Bonchev–Trinajstić information content (AvgIpc) is 2.67. The highest BCUT2D eigenvalue weighted by Gasteiger charge is 2.26.